The van der Waals surface area contributed by atoms with Gasteiger partial charge in [0.1, 0.15) is 6.29 Å². The third-order valence-electron chi connectivity index (χ3n) is 9.29. The van der Waals surface area contributed by atoms with Gasteiger partial charge in [0.05, 0.1) is 0 Å². The number of carbonyl (C=O) groups excluding carboxylic acids is 1. The highest BCUT2D eigenvalue weighted by Crippen LogP contribution is 2.37. The van der Waals surface area contributed by atoms with Crippen LogP contribution < -0.4 is 31.8 Å². The van der Waals surface area contributed by atoms with E-state index in [-0.39, 0.29) is 0 Å². The quantitative estimate of drug-likeness (QED) is 0.102. The zero-order chi connectivity index (χ0) is 35.1. The Morgan fingerprint density at radius 1 is 0.269 bits per heavy atom. The van der Waals surface area contributed by atoms with Crippen LogP contribution in [0, 0.1) is 0 Å². The Morgan fingerprint density at radius 3 is 0.788 bits per heavy atom. The average Bonchev–Trinajstić information content (AvgIpc) is 3.23. The predicted octanol–water partition coefficient (Wildman–Crippen LogP) is 10.0. The smallest absolute Gasteiger partial charge is 0.150 e. The van der Waals surface area contributed by atoms with Gasteiger partial charge in [-0.15, -0.1) is 0 Å². The van der Waals surface area contributed by atoms with Gasteiger partial charge in [-0.25, -0.2) is 0 Å². The minimum absolute atomic E-state index is 0.674. The summed E-state index contributed by atoms with van der Waals surface area (Å²) in [5.41, 5.74) is 7.51. The Morgan fingerprint density at radius 2 is 0.519 bits per heavy atom. The molecule has 3 heteroatoms. The zero-order valence-electron chi connectivity index (χ0n) is 28.6. The van der Waals surface area contributed by atoms with Crippen LogP contribution in [0.4, 0.5) is 0 Å². The van der Waals surface area contributed by atoms with E-state index in [1.54, 1.807) is 0 Å². The minimum Gasteiger partial charge on any atom is -0.298 e. The van der Waals surface area contributed by atoms with E-state index in [9.17, 15) is 4.79 Å². The first kappa shape index (κ1) is 33.4. The molecule has 8 aromatic rings. The summed E-state index contributed by atoms with van der Waals surface area (Å²) < 4.78 is 0. The van der Waals surface area contributed by atoms with Gasteiger partial charge in [0.15, 0.2) is 0 Å². The molecule has 0 aromatic heterocycles. The Labute approximate surface area is 308 Å². The van der Waals surface area contributed by atoms with E-state index in [4.69, 9.17) is 0 Å². The van der Waals surface area contributed by atoms with Crippen LogP contribution in [-0.2, 0) is 0 Å². The van der Waals surface area contributed by atoms with Crippen molar-refractivity contribution in [1.29, 1.82) is 0 Å². The van der Waals surface area contributed by atoms with Crippen LogP contribution in [0.15, 0.2) is 212 Å². The highest BCUT2D eigenvalue weighted by molar-refractivity contribution is 7.80. The fraction of sp³-hybridized carbons (Fsp3) is 0. The van der Waals surface area contributed by atoms with Crippen LogP contribution >= 0.6 is 15.8 Å². The monoisotopic (exact) mass is 702 g/mol. The molecule has 0 saturated carbocycles. The Balaban J connectivity index is 1.19. The van der Waals surface area contributed by atoms with E-state index in [2.05, 4.69) is 188 Å². The molecule has 0 unspecified atom stereocenters. The molecule has 0 N–H and O–H groups in total. The second-order valence-electron chi connectivity index (χ2n) is 12.6. The van der Waals surface area contributed by atoms with Gasteiger partial charge in [-0.3, -0.25) is 4.79 Å². The minimum atomic E-state index is -0.686. The van der Waals surface area contributed by atoms with Gasteiger partial charge in [-0.1, -0.05) is 194 Å². The maximum Gasteiger partial charge on any atom is 0.150 e. The Bertz CT molecular complexity index is 2150. The number of hydrogen-bond acceptors (Lipinski definition) is 1. The van der Waals surface area contributed by atoms with Gasteiger partial charge < -0.3 is 0 Å². The SMILES string of the molecule is O=Cc1ccc(-c2cc(-c3ccc(P(c4ccccc4)c4ccccc4)cc3)cc(-c3ccc(P(c4ccccc4)c4ccccc4)cc3)c2)cc1. The van der Waals surface area contributed by atoms with Crippen molar-refractivity contribution >= 4 is 54.0 Å². The van der Waals surface area contributed by atoms with E-state index in [0.29, 0.717) is 5.56 Å². The van der Waals surface area contributed by atoms with Crippen LogP contribution in [0.2, 0.25) is 0 Å². The fourth-order valence-corrected chi connectivity index (χ4v) is 11.3. The van der Waals surface area contributed by atoms with Crippen molar-refractivity contribution in [1.82, 2.24) is 0 Å². The Kier molecular flexibility index (Phi) is 10.1. The summed E-state index contributed by atoms with van der Waals surface area (Å²) in [7, 11) is -1.37. The molecule has 0 heterocycles. The molecule has 0 bridgehead atoms. The van der Waals surface area contributed by atoms with Crippen molar-refractivity contribution < 1.29 is 4.79 Å². The summed E-state index contributed by atoms with van der Waals surface area (Å²) in [6.45, 7) is 0. The molecule has 8 aromatic carbocycles. The fourth-order valence-electron chi connectivity index (χ4n) is 6.69. The molecule has 0 fully saturated rings. The zero-order valence-corrected chi connectivity index (χ0v) is 30.4. The van der Waals surface area contributed by atoms with Crippen LogP contribution in [0.1, 0.15) is 10.4 Å². The summed E-state index contributed by atoms with van der Waals surface area (Å²) in [4.78, 5) is 11.4. The molecule has 0 aliphatic heterocycles. The summed E-state index contributed by atoms with van der Waals surface area (Å²) in [6.07, 6.45) is 0.897. The number of hydrogen-bond donors (Lipinski definition) is 0. The highest BCUT2D eigenvalue weighted by Gasteiger charge is 2.18. The van der Waals surface area contributed by atoms with E-state index < -0.39 is 15.8 Å². The molecule has 0 atom stereocenters. The van der Waals surface area contributed by atoms with E-state index >= 15 is 0 Å². The summed E-state index contributed by atoms with van der Waals surface area (Å²) in [6, 6.07) is 76.3. The first-order valence-electron chi connectivity index (χ1n) is 17.5. The third kappa shape index (κ3) is 7.35. The van der Waals surface area contributed by atoms with Gasteiger partial charge in [0.25, 0.3) is 0 Å². The predicted molar refractivity (Wildman–Crippen MR) is 226 cm³/mol. The van der Waals surface area contributed by atoms with Gasteiger partial charge in [-0.2, -0.15) is 0 Å². The van der Waals surface area contributed by atoms with E-state index in [0.717, 1.165) is 28.5 Å². The lowest BCUT2D eigenvalue weighted by molar-refractivity contribution is 0.112. The topological polar surface area (TPSA) is 17.1 Å². The maximum absolute atomic E-state index is 11.4. The van der Waals surface area contributed by atoms with Gasteiger partial charge in [-0.05, 0) is 99.3 Å². The van der Waals surface area contributed by atoms with E-state index in [1.165, 1.54) is 43.0 Å². The van der Waals surface area contributed by atoms with Crippen molar-refractivity contribution in [3.8, 4) is 33.4 Å². The Hall–Kier alpha value is -5.71. The second kappa shape index (κ2) is 15.7. The molecular formula is C49H36OP2. The normalized spacial score (nSPS) is 11.1. The molecule has 1 nitrogen and oxygen atoms in total. The van der Waals surface area contributed by atoms with Gasteiger partial charge in [0.2, 0.25) is 0 Å². The van der Waals surface area contributed by atoms with Crippen molar-refractivity contribution in [2.24, 2.45) is 0 Å². The van der Waals surface area contributed by atoms with Crippen molar-refractivity contribution in [3.63, 3.8) is 0 Å². The molecule has 248 valence electrons. The first-order valence-corrected chi connectivity index (χ1v) is 20.1. The number of rotatable bonds is 10. The first-order chi connectivity index (χ1) is 25.7. The molecule has 0 spiro atoms. The molecule has 52 heavy (non-hydrogen) atoms. The van der Waals surface area contributed by atoms with Crippen molar-refractivity contribution in [3.05, 3.63) is 218 Å². The average molecular weight is 703 g/mol. The molecule has 0 saturated heterocycles. The van der Waals surface area contributed by atoms with Crippen LogP contribution in [0.25, 0.3) is 33.4 Å². The second-order valence-corrected chi connectivity index (χ2v) is 17.1. The van der Waals surface area contributed by atoms with Crippen molar-refractivity contribution in [2.45, 2.75) is 0 Å². The molecule has 0 radical (unpaired) electrons. The lowest BCUT2D eigenvalue weighted by Crippen LogP contribution is -2.20. The summed E-state index contributed by atoms with van der Waals surface area (Å²) in [5, 5.41) is 8.00. The van der Waals surface area contributed by atoms with Crippen LogP contribution in [-0.4, -0.2) is 6.29 Å². The molecule has 8 rings (SSSR count). The highest BCUT2D eigenvalue weighted by atomic mass is 31.1. The summed E-state index contributed by atoms with van der Waals surface area (Å²) in [5.74, 6) is 0. The number of carbonyl (C=O) groups is 1. The molecule has 0 aliphatic carbocycles. The summed E-state index contributed by atoms with van der Waals surface area (Å²) >= 11 is 0. The number of aldehydes is 1. The van der Waals surface area contributed by atoms with Crippen LogP contribution in [0.3, 0.4) is 0 Å². The lowest BCUT2D eigenvalue weighted by Gasteiger charge is -2.20. The maximum atomic E-state index is 11.4. The standard InChI is InChI=1S/C49H36OP2/c50-36-37-21-23-38(24-22-37)41-33-42(39-25-29-48(30-26-39)51(44-13-5-1-6-14-44)45-15-7-2-8-16-45)35-43(34-41)40-27-31-49(32-28-40)52(46-17-9-3-10-18-46)47-19-11-4-12-20-47/h1-36H. The largest absolute Gasteiger partial charge is 0.298 e. The van der Waals surface area contributed by atoms with Crippen molar-refractivity contribution in [2.75, 3.05) is 0 Å². The number of benzene rings is 8. The lowest BCUT2D eigenvalue weighted by atomic mass is 9.93. The molecule has 0 amide bonds. The molecule has 0 aliphatic rings. The van der Waals surface area contributed by atoms with E-state index in [1.807, 2.05) is 24.3 Å². The third-order valence-corrected chi connectivity index (χ3v) is 14.2. The van der Waals surface area contributed by atoms with Gasteiger partial charge >= 0.3 is 0 Å². The van der Waals surface area contributed by atoms with Crippen LogP contribution in [0.5, 0.6) is 0 Å². The molecular weight excluding hydrogens is 666 g/mol. The van der Waals surface area contributed by atoms with Gasteiger partial charge in [0, 0.05) is 5.56 Å².